The highest BCUT2D eigenvalue weighted by Crippen LogP contribution is 2.16. The molecule has 1 heterocycles. The van der Waals surface area contributed by atoms with Gasteiger partial charge in [0.2, 0.25) is 5.91 Å². The number of hydrogen-bond acceptors (Lipinski definition) is 1. The second-order valence-electron chi connectivity index (χ2n) is 3.18. The van der Waals surface area contributed by atoms with Crippen LogP contribution in [0.4, 0.5) is 0 Å². The molecule has 0 aromatic carbocycles. The molecule has 0 unspecified atom stereocenters. The number of carbonyl (C=O) groups excluding carboxylic acids is 1. The van der Waals surface area contributed by atoms with E-state index in [-0.39, 0.29) is 5.91 Å². The topological polar surface area (TPSA) is 20.3 Å². The largest absolute Gasteiger partial charge is 0.343 e. The highest BCUT2D eigenvalue weighted by atomic mass is 16.2. The molecule has 0 aliphatic carbocycles. The summed E-state index contributed by atoms with van der Waals surface area (Å²) < 4.78 is 0. The van der Waals surface area contributed by atoms with Crippen molar-refractivity contribution in [2.75, 3.05) is 13.1 Å². The van der Waals surface area contributed by atoms with Crippen LogP contribution in [0.5, 0.6) is 0 Å². The van der Waals surface area contributed by atoms with Gasteiger partial charge in [-0.15, -0.1) is 12.3 Å². The molecule has 1 aliphatic heterocycles. The molecule has 0 aromatic rings. The van der Waals surface area contributed by atoms with Crippen LogP contribution in [0.3, 0.4) is 0 Å². The molecule has 2 nitrogen and oxygen atoms in total. The van der Waals surface area contributed by atoms with Crippen LogP contribution < -0.4 is 0 Å². The third kappa shape index (κ3) is 2.01. The molecular formula is C10H15NO. The molecule has 12 heavy (non-hydrogen) atoms. The van der Waals surface area contributed by atoms with Crippen molar-refractivity contribution in [2.45, 2.75) is 26.2 Å². The summed E-state index contributed by atoms with van der Waals surface area (Å²) in [5.74, 6) is 3.39. The zero-order chi connectivity index (χ0) is 8.97. The Morgan fingerprint density at radius 2 is 2.17 bits per heavy atom. The van der Waals surface area contributed by atoms with E-state index in [9.17, 15) is 4.79 Å². The monoisotopic (exact) mass is 165 g/mol. The molecule has 0 spiro atoms. The fourth-order valence-electron chi connectivity index (χ4n) is 1.52. The van der Waals surface area contributed by atoms with E-state index in [1.165, 1.54) is 0 Å². The Kier molecular flexibility index (Phi) is 3.16. The van der Waals surface area contributed by atoms with Gasteiger partial charge in [-0.1, -0.05) is 6.92 Å². The minimum Gasteiger partial charge on any atom is -0.343 e. The van der Waals surface area contributed by atoms with Gasteiger partial charge in [0.1, 0.15) is 0 Å². The minimum atomic E-state index is 0.255. The number of nitrogens with zero attached hydrogens (tertiary/aromatic N) is 1. The van der Waals surface area contributed by atoms with Crippen LogP contribution in [0.15, 0.2) is 0 Å². The average Bonchev–Trinajstić information content (AvgIpc) is 2.17. The SMILES string of the molecule is C#CC1CCN(C(=O)CC)CC1. The van der Waals surface area contributed by atoms with Gasteiger partial charge in [0, 0.05) is 25.4 Å². The maximum Gasteiger partial charge on any atom is 0.222 e. The van der Waals surface area contributed by atoms with Gasteiger partial charge in [0.05, 0.1) is 0 Å². The molecular weight excluding hydrogens is 150 g/mol. The smallest absolute Gasteiger partial charge is 0.222 e. The number of amides is 1. The third-order valence-corrected chi connectivity index (χ3v) is 2.39. The van der Waals surface area contributed by atoms with Gasteiger partial charge in [-0.25, -0.2) is 0 Å². The van der Waals surface area contributed by atoms with E-state index >= 15 is 0 Å². The Balaban J connectivity index is 2.37. The zero-order valence-corrected chi connectivity index (χ0v) is 7.55. The number of carbonyl (C=O) groups is 1. The van der Waals surface area contributed by atoms with Crippen molar-refractivity contribution in [1.29, 1.82) is 0 Å². The van der Waals surface area contributed by atoms with E-state index in [0.717, 1.165) is 25.9 Å². The van der Waals surface area contributed by atoms with Crippen LogP contribution in [-0.2, 0) is 4.79 Å². The van der Waals surface area contributed by atoms with Gasteiger partial charge in [-0.3, -0.25) is 4.79 Å². The van der Waals surface area contributed by atoms with E-state index in [1.54, 1.807) is 0 Å². The Morgan fingerprint density at radius 3 is 2.58 bits per heavy atom. The number of likely N-dealkylation sites (tertiary alicyclic amines) is 1. The lowest BCUT2D eigenvalue weighted by atomic mass is 9.98. The maximum absolute atomic E-state index is 11.2. The van der Waals surface area contributed by atoms with Crippen LogP contribution in [0.1, 0.15) is 26.2 Å². The molecule has 0 aromatic heterocycles. The first-order valence-corrected chi connectivity index (χ1v) is 4.51. The van der Waals surface area contributed by atoms with Crippen LogP contribution in [0.25, 0.3) is 0 Å². The van der Waals surface area contributed by atoms with E-state index in [2.05, 4.69) is 5.92 Å². The third-order valence-electron chi connectivity index (χ3n) is 2.39. The lowest BCUT2D eigenvalue weighted by Crippen LogP contribution is -2.37. The lowest BCUT2D eigenvalue weighted by Gasteiger charge is -2.29. The van der Waals surface area contributed by atoms with Crippen LogP contribution >= 0.6 is 0 Å². The predicted molar refractivity (Wildman–Crippen MR) is 48.4 cm³/mol. The summed E-state index contributed by atoms with van der Waals surface area (Å²) >= 11 is 0. The van der Waals surface area contributed by atoms with Gasteiger partial charge < -0.3 is 4.90 Å². The fraction of sp³-hybridized carbons (Fsp3) is 0.700. The number of terminal acetylenes is 1. The van der Waals surface area contributed by atoms with Gasteiger partial charge >= 0.3 is 0 Å². The molecule has 0 saturated carbocycles. The Morgan fingerprint density at radius 1 is 1.58 bits per heavy atom. The van der Waals surface area contributed by atoms with Gasteiger partial charge in [-0.05, 0) is 12.8 Å². The first-order chi connectivity index (χ1) is 5.77. The Hall–Kier alpha value is -0.970. The fourth-order valence-corrected chi connectivity index (χ4v) is 1.52. The zero-order valence-electron chi connectivity index (χ0n) is 7.55. The predicted octanol–water partition coefficient (Wildman–Crippen LogP) is 1.27. The van der Waals surface area contributed by atoms with Crippen molar-refractivity contribution in [3.8, 4) is 12.3 Å². The van der Waals surface area contributed by atoms with Crippen LogP contribution in [0, 0.1) is 18.3 Å². The normalized spacial score (nSPS) is 18.8. The van der Waals surface area contributed by atoms with E-state index in [0.29, 0.717) is 12.3 Å². The highest BCUT2D eigenvalue weighted by molar-refractivity contribution is 5.75. The van der Waals surface area contributed by atoms with Crippen molar-refractivity contribution in [2.24, 2.45) is 5.92 Å². The first kappa shape index (κ1) is 9.12. The second kappa shape index (κ2) is 4.15. The average molecular weight is 165 g/mol. The van der Waals surface area contributed by atoms with Crippen LogP contribution in [0.2, 0.25) is 0 Å². The molecule has 1 amide bonds. The van der Waals surface area contributed by atoms with Crippen molar-refractivity contribution in [3.05, 3.63) is 0 Å². The minimum absolute atomic E-state index is 0.255. The number of rotatable bonds is 1. The molecule has 0 radical (unpaired) electrons. The van der Waals surface area contributed by atoms with E-state index in [1.807, 2.05) is 11.8 Å². The number of piperidine rings is 1. The Bertz CT molecular complexity index is 196. The summed E-state index contributed by atoms with van der Waals surface area (Å²) in [7, 11) is 0. The van der Waals surface area contributed by atoms with E-state index < -0.39 is 0 Å². The maximum atomic E-state index is 11.2. The summed E-state index contributed by atoms with van der Waals surface area (Å²) in [6.07, 6.45) is 7.86. The van der Waals surface area contributed by atoms with Crippen molar-refractivity contribution in [1.82, 2.24) is 4.90 Å². The molecule has 66 valence electrons. The summed E-state index contributed by atoms with van der Waals surface area (Å²) in [6.45, 7) is 3.60. The molecule has 2 heteroatoms. The first-order valence-electron chi connectivity index (χ1n) is 4.51. The van der Waals surface area contributed by atoms with Crippen molar-refractivity contribution >= 4 is 5.91 Å². The van der Waals surface area contributed by atoms with Gasteiger partial charge in [0.25, 0.3) is 0 Å². The molecule has 1 aliphatic rings. The second-order valence-corrected chi connectivity index (χ2v) is 3.18. The quantitative estimate of drug-likeness (QED) is 0.536. The summed E-state index contributed by atoms with van der Waals surface area (Å²) in [5.41, 5.74) is 0. The van der Waals surface area contributed by atoms with Crippen molar-refractivity contribution in [3.63, 3.8) is 0 Å². The molecule has 0 N–H and O–H groups in total. The molecule has 1 fully saturated rings. The summed E-state index contributed by atoms with van der Waals surface area (Å²) in [6, 6.07) is 0. The summed E-state index contributed by atoms with van der Waals surface area (Å²) in [4.78, 5) is 13.1. The van der Waals surface area contributed by atoms with Crippen LogP contribution in [-0.4, -0.2) is 23.9 Å². The van der Waals surface area contributed by atoms with E-state index in [4.69, 9.17) is 6.42 Å². The van der Waals surface area contributed by atoms with Gasteiger partial charge in [-0.2, -0.15) is 0 Å². The summed E-state index contributed by atoms with van der Waals surface area (Å²) in [5, 5.41) is 0. The lowest BCUT2D eigenvalue weighted by molar-refractivity contribution is -0.131. The standard InChI is InChI=1S/C10H15NO/c1-3-9-5-7-11(8-6-9)10(12)4-2/h1,9H,4-8H2,2H3. The molecule has 1 saturated heterocycles. The Labute approximate surface area is 73.9 Å². The molecule has 0 atom stereocenters. The highest BCUT2D eigenvalue weighted by Gasteiger charge is 2.19. The van der Waals surface area contributed by atoms with Gasteiger partial charge in [0.15, 0.2) is 0 Å². The molecule has 0 bridgehead atoms. The van der Waals surface area contributed by atoms with Crippen molar-refractivity contribution < 1.29 is 4.79 Å². The number of hydrogen-bond donors (Lipinski definition) is 0. The molecule has 1 rings (SSSR count).